The highest BCUT2D eigenvalue weighted by Gasteiger charge is 2.37. The molecule has 0 spiro atoms. The van der Waals surface area contributed by atoms with Crippen LogP contribution in [0.25, 0.3) is 0 Å². The van der Waals surface area contributed by atoms with E-state index in [9.17, 15) is 21.6 Å². The van der Waals surface area contributed by atoms with E-state index in [1.165, 1.54) is 29.4 Å². The zero-order valence-electron chi connectivity index (χ0n) is 12.5. The van der Waals surface area contributed by atoms with E-state index in [-0.39, 0.29) is 28.7 Å². The third-order valence-electron chi connectivity index (χ3n) is 3.77. The Morgan fingerprint density at radius 2 is 2.05 bits per heavy atom. The van der Waals surface area contributed by atoms with E-state index in [0.29, 0.717) is 12.0 Å². The summed E-state index contributed by atoms with van der Waals surface area (Å²) in [5.41, 5.74) is 0.316. The van der Waals surface area contributed by atoms with E-state index in [0.717, 1.165) is 0 Å². The lowest BCUT2D eigenvalue weighted by Crippen LogP contribution is -2.40. The molecule has 0 radical (unpaired) electrons. The van der Waals surface area contributed by atoms with Gasteiger partial charge in [-0.2, -0.15) is 4.31 Å². The summed E-state index contributed by atoms with van der Waals surface area (Å²) in [6.07, 6.45) is 0.307. The number of carbonyl (C=O) groups is 1. The van der Waals surface area contributed by atoms with E-state index < -0.39 is 25.9 Å². The number of sulfonamides is 1. The molecule has 8 heteroatoms. The van der Waals surface area contributed by atoms with Crippen molar-refractivity contribution in [1.82, 2.24) is 4.31 Å². The normalized spacial score (nSPS) is 21.1. The van der Waals surface area contributed by atoms with Crippen molar-refractivity contribution in [3.63, 3.8) is 0 Å². The third kappa shape index (κ3) is 3.39. The first-order valence-electron chi connectivity index (χ1n) is 7.00. The minimum atomic E-state index is -3.82. The van der Waals surface area contributed by atoms with Crippen LogP contribution in [-0.2, 0) is 19.9 Å². The van der Waals surface area contributed by atoms with Gasteiger partial charge in [0.25, 0.3) is 0 Å². The molecule has 0 amide bonds. The van der Waals surface area contributed by atoms with Gasteiger partial charge in [0.2, 0.25) is 10.0 Å². The molecule has 1 aromatic rings. The van der Waals surface area contributed by atoms with Crippen molar-refractivity contribution in [2.75, 3.05) is 18.1 Å². The van der Waals surface area contributed by atoms with Crippen LogP contribution < -0.4 is 0 Å². The molecule has 2 rings (SSSR count). The van der Waals surface area contributed by atoms with E-state index in [1.807, 2.05) is 0 Å². The van der Waals surface area contributed by atoms with Gasteiger partial charge >= 0.3 is 0 Å². The van der Waals surface area contributed by atoms with Gasteiger partial charge in [-0.15, -0.1) is 0 Å². The molecule has 0 unspecified atom stereocenters. The molecule has 1 saturated heterocycles. The molecule has 1 fully saturated rings. The minimum absolute atomic E-state index is 0.0111. The van der Waals surface area contributed by atoms with Gasteiger partial charge in [0.05, 0.1) is 16.4 Å². The summed E-state index contributed by atoms with van der Waals surface area (Å²) < 4.78 is 49.9. The molecule has 0 bridgehead atoms. The first-order chi connectivity index (χ1) is 10.2. The number of ketones is 1. The standard InChI is InChI=1S/C14H19NO5S2/c1-3-15(13-7-8-21(17,18)10-13)22(19,20)14-6-4-5-12(9-14)11(2)16/h4-6,9,13H,3,7-8,10H2,1-2H3/t13-/m0/s1. The maximum atomic E-state index is 12.8. The zero-order chi connectivity index (χ0) is 16.5. The molecule has 1 atom stereocenters. The minimum Gasteiger partial charge on any atom is -0.295 e. The van der Waals surface area contributed by atoms with Crippen molar-refractivity contribution in [3.8, 4) is 0 Å². The molecule has 6 nitrogen and oxygen atoms in total. The number of Topliss-reactive ketones (excluding diaryl/α,β-unsaturated/α-hetero) is 1. The van der Waals surface area contributed by atoms with Gasteiger partial charge in [0.15, 0.2) is 15.6 Å². The summed E-state index contributed by atoms with van der Waals surface area (Å²) in [6.45, 7) is 3.23. The van der Waals surface area contributed by atoms with Gasteiger partial charge in [-0.25, -0.2) is 16.8 Å². The van der Waals surface area contributed by atoms with Crippen LogP contribution in [0.1, 0.15) is 30.6 Å². The van der Waals surface area contributed by atoms with Gasteiger partial charge in [0, 0.05) is 18.2 Å². The Morgan fingerprint density at radius 3 is 2.55 bits per heavy atom. The molecule has 0 aliphatic carbocycles. The molecule has 22 heavy (non-hydrogen) atoms. The van der Waals surface area contributed by atoms with E-state index in [4.69, 9.17) is 0 Å². The fourth-order valence-corrected chi connectivity index (χ4v) is 6.17. The van der Waals surface area contributed by atoms with Gasteiger partial charge in [-0.05, 0) is 25.5 Å². The van der Waals surface area contributed by atoms with Crippen molar-refractivity contribution >= 4 is 25.6 Å². The highest BCUT2D eigenvalue weighted by atomic mass is 32.2. The number of benzene rings is 1. The second-order valence-corrected chi connectivity index (χ2v) is 9.47. The molecule has 1 aromatic carbocycles. The van der Waals surface area contributed by atoms with Gasteiger partial charge in [-0.3, -0.25) is 4.79 Å². The molecule has 1 heterocycles. The topological polar surface area (TPSA) is 88.6 Å². The maximum Gasteiger partial charge on any atom is 0.243 e. The molecule has 1 aliphatic rings. The summed E-state index contributed by atoms with van der Waals surface area (Å²) in [7, 11) is -7.00. The Labute approximate surface area is 131 Å². The lowest BCUT2D eigenvalue weighted by atomic mass is 10.2. The van der Waals surface area contributed by atoms with Crippen LogP contribution in [0.2, 0.25) is 0 Å². The molecule has 0 aromatic heterocycles. The van der Waals surface area contributed by atoms with Crippen LogP contribution in [0.4, 0.5) is 0 Å². The summed E-state index contributed by atoms with van der Waals surface area (Å²) in [5, 5.41) is 0. The molecular weight excluding hydrogens is 326 g/mol. The lowest BCUT2D eigenvalue weighted by molar-refractivity contribution is 0.101. The first-order valence-corrected chi connectivity index (χ1v) is 10.3. The first kappa shape index (κ1) is 17.1. The Kier molecular flexibility index (Phi) is 4.74. The molecule has 1 aliphatic heterocycles. The van der Waals surface area contributed by atoms with E-state index in [1.54, 1.807) is 13.0 Å². The number of nitrogens with zero attached hydrogens (tertiary/aromatic N) is 1. The fourth-order valence-electron chi connectivity index (χ4n) is 2.64. The SMILES string of the molecule is CCN([C@H]1CCS(=O)(=O)C1)S(=O)(=O)c1cccc(C(C)=O)c1. The number of hydrogen-bond acceptors (Lipinski definition) is 5. The Hall–Kier alpha value is -1.25. The Morgan fingerprint density at radius 1 is 1.36 bits per heavy atom. The number of hydrogen-bond donors (Lipinski definition) is 0. The van der Waals surface area contributed by atoms with Gasteiger partial charge < -0.3 is 0 Å². The van der Waals surface area contributed by atoms with Gasteiger partial charge in [0.1, 0.15) is 0 Å². The zero-order valence-corrected chi connectivity index (χ0v) is 14.2. The maximum absolute atomic E-state index is 12.8. The average molecular weight is 345 g/mol. The van der Waals surface area contributed by atoms with Crippen molar-refractivity contribution in [2.24, 2.45) is 0 Å². The predicted molar refractivity (Wildman–Crippen MR) is 83.1 cm³/mol. The largest absolute Gasteiger partial charge is 0.295 e. The van der Waals surface area contributed by atoms with Crippen LogP contribution in [0.3, 0.4) is 0 Å². The Balaban J connectivity index is 2.39. The molecular formula is C14H19NO5S2. The van der Waals surface area contributed by atoms with Crippen LogP contribution in [0.15, 0.2) is 29.2 Å². The van der Waals surface area contributed by atoms with Crippen molar-refractivity contribution < 1.29 is 21.6 Å². The second kappa shape index (κ2) is 6.10. The number of rotatable bonds is 5. The third-order valence-corrected chi connectivity index (χ3v) is 7.55. The van der Waals surface area contributed by atoms with Crippen molar-refractivity contribution in [1.29, 1.82) is 0 Å². The van der Waals surface area contributed by atoms with Crippen molar-refractivity contribution in [3.05, 3.63) is 29.8 Å². The summed E-state index contributed by atoms with van der Waals surface area (Å²) >= 11 is 0. The van der Waals surface area contributed by atoms with Gasteiger partial charge in [-0.1, -0.05) is 19.1 Å². The van der Waals surface area contributed by atoms with E-state index >= 15 is 0 Å². The van der Waals surface area contributed by atoms with Crippen LogP contribution in [0.5, 0.6) is 0 Å². The number of carbonyl (C=O) groups excluding carboxylic acids is 1. The second-order valence-electron chi connectivity index (χ2n) is 5.35. The van der Waals surface area contributed by atoms with E-state index in [2.05, 4.69) is 0 Å². The van der Waals surface area contributed by atoms with Crippen LogP contribution >= 0.6 is 0 Å². The lowest BCUT2D eigenvalue weighted by Gasteiger charge is -2.26. The summed E-state index contributed by atoms with van der Waals surface area (Å²) in [6, 6.07) is 5.29. The summed E-state index contributed by atoms with van der Waals surface area (Å²) in [4.78, 5) is 11.4. The van der Waals surface area contributed by atoms with Crippen molar-refractivity contribution in [2.45, 2.75) is 31.2 Å². The average Bonchev–Trinajstić information content (AvgIpc) is 2.79. The van der Waals surface area contributed by atoms with Crippen LogP contribution in [-0.4, -0.2) is 51.0 Å². The molecule has 122 valence electrons. The quantitative estimate of drug-likeness (QED) is 0.745. The molecule has 0 saturated carbocycles. The monoisotopic (exact) mass is 345 g/mol. The molecule has 0 N–H and O–H groups in total. The predicted octanol–water partition coefficient (Wildman–Crippen LogP) is 1.09. The fraction of sp³-hybridized carbons (Fsp3) is 0.500. The Bertz CT molecular complexity index is 783. The highest BCUT2D eigenvalue weighted by Crippen LogP contribution is 2.25. The van der Waals surface area contributed by atoms with Crippen LogP contribution in [0, 0.1) is 0 Å². The summed E-state index contributed by atoms with van der Waals surface area (Å²) in [5.74, 6) is -0.354. The number of sulfone groups is 1. The highest BCUT2D eigenvalue weighted by molar-refractivity contribution is 7.92. The smallest absolute Gasteiger partial charge is 0.243 e.